The lowest BCUT2D eigenvalue weighted by molar-refractivity contribution is 0.0204. The van der Waals surface area contributed by atoms with E-state index in [1.54, 1.807) is 0 Å². The molecular weight excluding hydrogens is 256 g/mol. The topological polar surface area (TPSA) is 36.4 Å². The van der Waals surface area contributed by atoms with Gasteiger partial charge in [0.05, 0.1) is 11.1 Å². The van der Waals surface area contributed by atoms with Crippen LogP contribution in [-0.4, -0.2) is 33.7 Å². The molecule has 1 aliphatic carbocycles. The number of rotatable bonds is 3. The Morgan fingerprint density at radius 1 is 1.32 bits per heavy atom. The number of aryl methyl sites for hydroxylation is 1. The maximum Gasteiger partial charge on any atom is 0.0897 e. The highest BCUT2D eigenvalue weighted by Gasteiger charge is 2.36. The molecule has 1 saturated carbocycles. The number of aliphatic hydroxyl groups is 1. The molecule has 1 aromatic rings. The van der Waals surface area contributed by atoms with Gasteiger partial charge in [-0.1, -0.05) is 12.8 Å². The highest BCUT2D eigenvalue weighted by Crippen LogP contribution is 2.35. The summed E-state index contributed by atoms with van der Waals surface area (Å²) in [4.78, 5) is 8.31. The van der Waals surface area contributed by atoms with Gasteiger partial charge in [-0.25, -0.2) is 4.98 Å². The third-order valence-corrected chi connectivity index (χ3v) is 5.62. The van der Waals surface area contributed by atoms with Crippen molar-refractivity contribution >= 4 is 11.3 Å². The van der Waals surface area contributed by atoms with Crippen LogP contribution in [0.4, 0.5) is 0 Å². The van der Waals surface area contributed by atoms with Crippen LogP contribution in [0.5, 0.6) is 0 Å². The predicted octanol–water partition coefficient (Wildman–Crippen LogP) is 2.97. The van der Waals surface area contributed by atoms with Gasteiger partial charge < -0.3 is 5.11 Å². The summed E-state index contributed by atoms with van der Waals surface area (Å²) in [5.41, 5.74) is 0. The van der Waals surface area contributed by atoms with Crippen LogP contribution in [0, 0.1) is 12.8 Å². The second-order valence-electron chi connectivity index (χ2n) is 6.04. The maximum absolute atomic E-state index is 10.3. The summed E-state index contributed by atoms with van der Waals surface area (Å²) in [5, 5.41) is 11.4. The molecule has 1 aromatic heterocycles. The van der Waals surface area contributed by atoms with Crippen molar-refractivity contribution in [2.24, 2.45) is 5.92 Å². The molecule has 0 radical (unpaired) electrons. The molecule has 4 heteroatoms. The lowest BCUT2D eigenvalue weighted by Gasteiger charge is -2.37. The van der Waals surface area contributed by atoms with Crippen molar-refractivity contribution < 1.29 is 5.11 Å². The van der Waals surface area contributed by atoms with E-state index in [1.807, 2.05) is 17.5 Å². The Kier molecular flexibility index (Phi) is 4.20. The quantitative estimate of drug-likeness (QED) is 0.925. The van der Waals surface area contributed by atoms with Gasteiger partial charge in [-0.05, 0) is 39.2 Å². The molecule has 3 unspecified atom stereocenters. The van der Waals surface area contributed by atoms with Crippen LogP contribution >= 0.6 is 11.3 Å². The second kappa shape index (κ2) is 5.90. The van der Waals surface area contributed by atoms with Crippen LogP contribution in [0.15, 0.2) is 6.20 Å². The molecule has 2 fully saturated rings. The van der Waals surface area contributed by atoms with Gasteiger partial charge in [0.25, 0.3) is 0 Å². The van der Waals surface area contributed by atoms with Gasteiger partial charge in [-0.2, -0.15) is 0 Å². The minimum atomic E-state index is -0.0671. The van der Waals surface area contributed by atoms with E-state index in [2.05, 4.69) is 16.8 Å². The molecule has 0 aromatic carbocycles. The van der Waals surface area contributed by atoms with Crippen LogP contribution in [-0.2, 0) is 6.54 Å². The van der Waals surface area contributed by atoms with E-state index in [-0.39, 0.29) is 6.10 Å². The smallest absolute Gasteiger partial charge is 0.0897 e. The predicted molar refractivity (Wildman–Crippen MR) is 78.2 cm³/mol. The fourth-order valence-corrected chi connectivity index (χ4v) is 4.62. The van der Waals surface area contributed by atoms with Gasteiger partial charge in [-0.3, -0.25) is 4.90 Å². The van der Waals surface area contributed by atoms with Gasteiger partial charge in [0.15, 0.2) is 0 Å². The minimum Gasteiger partial charge on any atom is -0.393 e. The fourth-order valence-electron chi connectivity index (χ4n) is 3.80. The Balaban J connectivity index is 1.67. The van der Waals surface area contributed by atoms with Crippen molar-refractivity contribution in [3.8, 4) is 0 Å². The average molecular weight is 280 g/mol. The van der Waals surface area contributed by atoms with E-state index < -0.39 is 0 Å². The van der Waals surface area contributed by atoms with E-state index in [0.29, 0.717) is 12.0 Å². The monoisotopic (exact) mass is 280 g/mol. The Morgan fingerprint density at radius 2 is 2.16 bits per heavy atom. The Hall–Kier alpha value is -0.450. The van der Waals surface area contributed by atoms with Crippen molar-refractivity contribution in [2.75, 3.05) is 6.54 Å². The molecule has 0 bridgehead atoms. The zero-order chi connectivity index (χ0) is 13.2. The first-order chi connectivity index (χ1) is 9.24. The minimum absolute atomic E-state index is 0.0671. The molecular formula is C15H24N2OS. The first kappa shape index (κ1) is 13.5. The number of thiazole rings is 1. The first-order valence-corrected chi connectivity index (χ1v) is 8.39. The number of likely N-dealkylation sites (tertiary alicyclic amines) is 1. The molecule has 1 N–H and O–H groups in total. The van der Waals surface area contributed by atoms with E-state index >= 15 is 0 Å². The van der Waals surface area contributed by atoms with E-state index in [4.69, 9.17) is 0 Å². The van der Waals surface area contributed by atoms with Crippen LogP contribution in [0.1, 0.15) is 48.4 Å². The van der Waals surface area contributed by atoms with Crippen molar-refractivity contribution in [1.82, 2.24) is 9.88 Å². The normalized spacial score (nSPS) is 32.8. The van der Waals surface area contributed by atoms with Crippen molar-refractivity contribution in [3.05, 3.63) is 16.1 Å². The summed E-state index contributed by atoms with van der Waals surface area (Å²) in [5.74, 6) is 0.505. The standard InChI is InChI=1S/C15H24N2OS/c1-11-16-9-12(19-11)10-17-8-4-6-14(17)13-5-2-3-7-15(13)18/h9,13-15,18H,2-8,10H2,1H3. The summed E-state index contributed by atoms with van der Waals surface area (Å²) in [6, 6.07) is 0.595. The van der Waals surface area contributed by atoms with Crippen LogP contribution in [0.2, 0.25) is 0 Å². The molecule has 1 aliphatic heterocycles. The second-order valence-corrected chi connectivity index (χ2v) is 7.36. The molecule has 1 saturated heterocycles. The highest BCUT2D eigenvalue weighted by molar-refractivity contribution is 7.11. The Bertz CT molecular complexity index is 420. The first-order valence-electron chi connectivity index (χ1n) is 7.57. The van der Waals surface area contributed by atoms with E-state index in [9.17, 15) is 5.11 Å². The zero-order valence-electron chi connectivity index (χ0n) is 11.7. The number of aliphatic hydroxyl groups excluding tert-OH is 1. The lowest BCUT2D eigenvalue weighted by Crippen LogP contribution is -2.42. The third-order valence-electron chi connectivity index (χ3n) is 4.72. The zero-order valence-corrected chi connectivity index (χ0v) is 12.5. The van der Waals surface area contributed by atoms with E-state index in [0.717, 1.165) is 18.0 Å². The van der Waals surface area contributed by atoms with Gasteiger partial charge in [0.1, 0.15) is 0 Å². The van der Waals surface area contributed by atoms with Gasteiger partial charge in [-0.15, -0.1) is 11.3 Å². The van der Waals surface area contributed by atoms with Gasteiger partial charge in [0, 0.05) is 29.6 Å². The lowest BCUT2D eigenvalue weighted by atomic mass is 9.80. The summed E-state index contributed by atoms with van der Waals surface area (Å²) >= 11 is 1.81. The highest BCUT2D eigenvalue weighted by atomic mass is 32.1. The molecule has 0 spiro atoms. The Labute approximate surface area is 119 Å². The van der Waals surface area contributed by atoms with Crippen LogP contribution in [0.25, 0.3) is 0 Å². The average Bonchev–Trinajstić information content (AvgIpc) is 3.00. The largest absolute Gasteiger partial charge is 0.393 e. The SMILES string of the molecule is Cc1ncc(CN2CCCC2C2CCCCC2O)s1. The summed E-state index contributed by atoms with van der Waals surface area (Å²) in [6.07, 6.45) is 9.23. The van der Waals surface area contributed by atoms with Crippen molar-refractivity contribution in [3.63, 3.8) is 0 Å². The fraction of sp³-hybridized carbons (Fsp3) is 0.800. The molecule has 3 nitrogen and oxygen atoms in total. The van der Waals surface area contributed by atoms with Crippen molar-refractivity contribution in [2.45, 2.75) is 64.1 Å². The summed E-state index contributed by atoms with van der Waals surface area (Å²) < 4.78 is 0. The molecule has 0 amide bonds. The number of hydrogen-bond acceptors (Lipinski definition) is 4. The van der Waals surface area contributed by atoms with Crippen LogP contribution < -0.4 is 0 Å². The molecule has 19 heavy (non-hydrogen) atoms. The van der Waals surface area contributed by atoms with Gasteiger partial charge >= 0.3 is 0 Å². The molecule has 2 heterocycles. The van der Waals surface area contributed by atoms with Crippen molar-refractivity contribution in [1.29, 1.82) is 0 Å². The summed E-state index contributed by atoms with van der Waals surface area (Å²) in [6.45, 7) is 4.28. The molecule has 3 atom stereocenters. The van der Waals surface area contributed by atoms with Crippen LogP contribution in [0.3, 0.4) is 0 Å². The number of hydrogen-bond donors (Lipinski definition) is 1. The van der Waals surface area contributed by atoms with Gasteiger partial charge in [0.2, 0.25) is 0 Å². The number of aromatic nitrogens is 1. The molecule has 106 valence electrons. The Morgan fingerprint density at radius 3 is 2.89 bits per heavy atom. The summed E-state index contributed by atoms with van der Waals surface area (Å²) in [7, 11) is 0. The molecule has 2 aliphatic rings. The number of nitrogens with zero attached hydrogens (tertiary/aromatic N) is 2. The van der Waals surface area contributed by atoms with E-state index in [1.165, 1.54) is 43.5 Å². The molecule has 3 rings (SSSR count). The third kappa shape index (κ3) is 3.01. The maximum atomic E-state index is 10.3.